The number of aryl methyl sites for hydroxylation is 1. The highest BCUT2D eigenvalue weighted by Gasteiger charge is 2.48. The van der Waals surface area contributed by atoms with Gasteiger partial charge in [0, 0.05) is 38.6 Å². The lowest BCUT2D eigenvalue weighted by molar-refractivity contribution is 0.102. The molecule has 8 heteroatoms. The minimum Gasteiger partial charge on any atom is -0.322 e. The molecule has 2 aromatic heterocycles. The van der Waals surface area contributed by atoms with Gasteiger partial charge in [-0.3, -0.25) is 14.5 Å². The highest BCUT2D eigenvalue weighted by Crippen LogP contribution is 2.51. The quantitative estimate of drug-likeness (QED) is 0.462. The Morgan fingerprint density at radius 3 is 2.64 bits per heavy atom. The van der Waals surface area contributed by atoms with Gasteiger partial charge < -0.3 is 14.5 Å². The van der Waals surface area contributed by atoms with E-state index < -0.39 is 0 Å². The van der Waals surface area contributed by atoms with Crippen LogP contribution in [0, 0.1) is 17.8 Å². The van der Waals surface area contributed by atoms with Crippen molar-refractivity contribution in [1.82, 2.24) is 24.2 Å². The first kappa shape index (κ1) is 26.0. The summed E-state index contributed by atoms with van der Waals surface area (Å²) in [6.07, 6.45) is 10.5. The van der Waals surface area contributed by atoms with Crippen LogP contribution < -0.4 is 10.9 Å². The van der Waals surface area contributed by atoms with E-state index in [0.29, 0.717) is 30.0 Å². The molecule has 2 aliphatic carbocycles. The SMILES string of the molecule is CC1CC(c2cccc(NC(=O)c3cc(CN4CCC[C@H](C)C4)cn(CC4CC4)c3=O)c2)(c2nncn2C)C1. The van der Waals surface area contributed by atoms with Crippen molar-refractivity contribution in [3.05, 3.63) is 75.7 Å². The van der Waals surface area contributed by atoms with Crippen molar-refractivity contribution in [2.24, 2.45) is 24.8 Å². The smallest absolute Gasteiger partial charge is 0.263 e. The molecule has 3 aliphatic rings. The first-order valence-electron chi connectivity index (χ1n) is 14.5. The molecular formula is C31H40N6O2. The number of amides is 1. The van der Waals surface area contributed by atoms with E-state index in [-0.39, 0.29) is 22.4 Å². The second-order valence-corrected chi connectivity index (χ2v) is 12.5. The van der Waals surface area contributed by atoms with Crippen molar-refractivity contribution < 1.29 is 4.79 Å². The maximum atomic E-state index is 13.6. The molecule has 0 unspecified atom stereocenters. The molecule has 1 saturated heterocycles. The van der Waals surface area contributed by atoms with E-state index in [9.17, 15) is 9.59 Å². The normalized spacial score (nSPS) is 25.3. The van der Waals surface area contributed by atoms with E-state index in [1.54, 1.807) is 10.9 Å². The number of hydrogen-bond acceptors (Lipinski definition) is 5. The van der Waals surface area contributed by atoms with Gasteiger partial charge in [0.2, 0.25) is 0 Å². The van der Waals surface area contributed by atoms with Gasteiger partial charge in [-0.2, -0.15) is 0 Å². The Hall–Kier alpha value is -3.26. The first-order chi connectivity index (χ1) is 18.8. The Morgan fingerprint density at radius 2 is 1.95 bits per heavy atom. The number of nitrogens with one attached hydrogen (secondary N) is 1. The maximum absolute atomic E-state index is 13.6. The van der Waals surface area contributed by atoms with Crippen LogP contribution in [0.2, 0.25) is 0 Å². The van der Waals surface area contributed by atoms with Gasteiger partial charge in [-0.25, -0.2) is 0 Å². The van der Waals surface area contributed by atoms with Crippen molar-refractivity contribution in [1.29, 1.82) is 0 Å². The third-order valence-electron chi connectivity index (χ3n) is 8.89. The average Bonchev–Trinajstić information content (AvgIpc) is 3.61. The highest BCUT2D eigenvalue weighted by molar-refractivity contribution is 6.04. The third kappa shape index (κ3) is 5.31. The molecule has 1 atom stereocenters. The van der Waals surface area contributed by atoms with Gasteiger partial charge in [-0.15, -0.1) is 10.2 Å². The Kier molecular flexibility index (Phi) is 6.91. The van der Waals surface area contributed by atoms with Crippen LogP contribution in [-0.4, -0.2) is 43.2 Å². The standard InChI is InChI=1S/C31H40N6O2/c1-21-6-5-11-36(16-21)17-24-12-27(29(39)37(19-24)18-23-9-10-23)28(38)33-26-8-4-7-25(13-26)31(14-22(2)15-31)30-34-32-20-35(30)3/h4,7-8,12-13,19-23H,5-6,9-11,14-18H2,1-3H3,(H,33,38)/t21-,22?,31?/m0/s1. The van der Waals surface area contributed by atoms with Gasteiger partial charge >= 0.3 is 0 Å². The van der Waals surface area contributed by atoms with Crippen molar-refractivity contribution in [2.45, 2.75) is 70.9 Å². The molecule has 3 heterocycles. The number of benzene rings is 1. The summed E-state index contributed by atoms with van der Waals surface area (Å²) >= 11 is 0. The molecule has 39 heavy (non-hydrogen) atoms. The summed E-state index contributed by atoms with van der Waals surface area (Å²) in [7, 11) is 1.98. The fourth-order valence-electron chi connectivity index (χ4n) is 6.84. The number of carbonyl (C=O) groups excluding carboxylic acids is 1. The highest BCUT2D eigenvalue weighted by atomic mass is 16.2. The fourth-order valence-corrected chi connectivity index (χ4v) is 6.84. The number of piperidine rings is 1. The molecule has 0 bridgehead atoms. The predicted molar refractivity (Wildman–Crippen MR) is 152 cm³/mol. The number of likely N-dealkylation sites (tertiary alicyclic amines) is 1. The second kappa shape index (κ2) is 10.4. The van der Waals surface area contributed by atoms with Crippen molar-refractivity contribution >= 4 is 11.6 Å². The van der Waals surface area contributed by atoms with Crippen LogP contribution in [0.3, 0.4) is 0 Å². The monoisotopic (exact) mass is 528 g/mol. The third-order valence-corrected chi connectivity index (χ3v) is 8.89. The van der Waals surface area contributed by atoms with Crippen LogP contribution in [0.25, 0.3) is 0 Å². The van der Waals surface area contributed by atoms with E-state index in [2.05, 4.69) is 40.3 Å². The van der Waals surface area contributed by atoms with Crippen LogP contribution in [0.15, 0.2) is 47.7 Å². The van der Waals surface area contributed by atoms with E-state index in [1.807, 2.05) is 42.1 Å². The molecule has 206 valence electrons. The lowest BCUT2D eigenvalue weighted by atomic mass is 9.58. The molecule has 1 aliphatic heterocycles. The molecule has 0 spiro atoms. The topological polar surface area (TPSA) is 85.1 Å². The number of aromatic nitrogens is 4. The molecule has 0 radical (unpaired) electrons. The van der Waals surface area contributed by atoms with Gasteiger partial charge in [0.05, 0.1) is 5.41 Å². The Bertz CT molecular complexity index is 1410. The van der Waals surface area contributed by atoms with Crippen LogP contribution in [-0.2, 0) is 25.6 Å². The van der Waals surface area contributed by atoms with Gasteiger partial charge in [-0.05, 0) is 92.1 Å². The van der Waals surface area contributed by atoms with Crippen molar-refractivity contribution in [3.8, 4) is 0 Å². The molecule has 1 amide bonds. The molecule has 1 aromatic carbocycles. The number of anilines is 1. The molecular weight excluding hydrogens is 488 g/mol. The molecule has 2 saturated carbocycles. The van der Waals surface area contributed by atoms with E-state index in [1.165, 1.54) is 12.8 Å². The van der Waals surface area contributed by atoms with Gasteiger partial charge in [-0.1, -0.05) is 26.0 Å². The van der Waals surface area contributed by atoms with E-state index in [0.717, 1.165) is 62.3 Å². The lowest BCUT2D eigenvalue weighted by Crippen LogP contribution is -2.43. The fraction of sp³-hybridized carbons (Fsp3) is 0.548. The van der Waals surface area contributed by atoms with Gasteiger partial charge in [0.25, 0.3) is 11.5 Å². The largest absolute Gasteiger partial charge is 0.322 e. The van der Waals surface area contributed by atoms with Crippen LogP contribution in [0.1, 0.15) is 79.7 Å². The van der Waals surface area contributed by atoms with Crippen LogP contribution in [0.4, 0.5) is 5.69 Å². The Morgan fingerprint density at radius 1 is 1.13 bits per heavy atom. The minimum atomic E-state index is -0.342. The second-order valence-electron chi connectivity index (χ2n) is 12.5. The van der Waals surface area contributed by atoms with Crippen LogP contribution in [0.5, 0.6) is 0 Å². The summed E-state index contributed by atoms with van der Waals surface area (Å²) in [5.74, 6) is 2.42. The van der Waals surface area contributed by atoms with Crippen LogP contribution >= 0.6 is 0 Å². The zero-order valence-electron chi connectivity index (χ0n) is 23.4. The molecule has 6 rings (SSSR count). The summed E-state index contributed by atoms with van der Waals surface area (Å²) in [6.45, 7) is 8.13. The predicted octanol–water partition coefficient (Wildman–Crippen LogP) is 4.59. The molecule has 3 fully saturated rings. The summed E-state index contributed by atoms with van der Waals surface area (Å²) in [5.41, 5.74) is 2.66. The number of carbonyl (C=O) groups is 1. The van der Waals surface area contributed by atoms with E-state index in [4.69, 9.17) is 0 Å². The summed E-state index contributed by atoms with van der Waals surface area (Å²) in [5, 5.41) is 11.6. The summed E-state index contributed by atoms with van der Waals surface area (Å²) in [6, 6.07) is 9.85. The lowest BCUT2D eigenvalue weighted by Gasteiger charge is -2.46. The number of hydrogen-bond donors (Lipinski definition) is 1. The average molecular weight is 529 g/mol. The van der Waals surface area contributed by atoms with Crippen molar-refractivity contribution in [2.75, 3.05) is 18.4 Å². The number of rotatable bonds is 8. The van der Waals surface area contributed by atoms with Gasteiger partial charge in [0.15, 0.2) is 0 Å². The number of nitrogens with zero attached hydrogens (tertiary/aromatic N) is 5. The first-order valence-corrected chi connectivity index (χ1v) is 14.5. The molecule has 3 aromatic rings. The van der Waals surface area contributed by atoms with Crippen molar-refractivity contribution in [3.63, 3.8) is 0 Å². The zero-order valence-corrected chi connectivity index (χ0v) is 23.4. The molecule has 8 nitrogen and oxygen atoms in total. The Labute approximate surface area is 230 Å². The van der Waals surface area contributed by atoms with Gasteiger partial charge in [0.1, 0.15) is 17.7 Å². The van der Waals surface area contributed by atoms with E-state index >= 15 is 0 Å². The number of pyridine rings is 1. The summed E-state index contributed by atoms with van der Waals surface area (Å²) < 4.78 is 3.78. The molecule has 1 N–H and O–H groups in total. The summed E-state index contributed by atoms with van der Waals surface area (Å²) in [4.78, 5) is 29.5. The Balaban J connectivity index is 1.27. The maximum Gasteiger partial charge on any atom is 0.263 e. The minimum absolute atomic E-state index is 0.199. The zero-order chi connectivity index (χ0) is 27.1.